The van der Waals surface area contributed by atoms with Crippen LogP contribution in [0.5, 0.6) is 0 Å². The van der Waals surface area contributed by atoms with Crippen molar-refractivity contribution in [2.24, 2.45) is 11.8 Å². The van der Waals surface area contributed by atoms with Crippen LogP contribution < -0.4 is 5.32 Å². The number of hydrogen-bond donors (Lipinski definition) is 1. The average Bonchev–Trinajstić information content (AvgIpc) is 2.76. The number of pyridine rings is 1. The van der Waals surface area contributed by atoms with Crippen molar-refractivity contribution in [3.8, 4) is 0 Å². The van der Waals surface area contributed by atoms with E-state index in [9.17, 15) is 4.79 Å². The number of nitrogens with zero attached hydrogens (tertiary/aromatic N) is 1. The third kappa shape index (κ3) is 2.66. The van der Waals surface area contributed by atoms with E-state index in [1.807, 2.05) is 32.9 Å². The number of carbonyl (C=O) groups excluding carboxylic acids is 1. The molecule has 1 aromatic heterocycles. The number of amides is 1. The standard InChI is InChI=1S/C15H19BrN2O3/c1-14(2,3)21-13(19)18-15(10-7-20-8-11(10)15)12-5-4-9(16)6-17-12/h4-6,10-11H,7-8H2,1-3H3,(H,18,19)/t10-,11-/m0/s1. The maximum absolute atomic E-state index is 12.2. The summed E-state index contributed by atoms with van der Waals surface area (Å²) in [5, 5.41) is 3.04. The SMILES string of the molecule is CC(C)(C)OC(=O)NC1(c2ccc(Br)cn2)[C@H]2COC[C@@H]21. The van der Waals surface area contributed by atoms with E-state index in [-0.39, 0.29) is 11.8 Å². The Morgan fingerprint density at radius 3 is 2.62 bits per heavy atom. The van der Waals surface area contributed by atoms with E-state index in [2.05, 4.69) is 26.2 Å². The van der Waals surface area contributed by atoms with Crippen LogP contribution >= 0.6 is 15.9 Å². The van der Waals surface area contributed by atoms with Gasteiger partial charge in [-0.05, 0) is 48.8 Å². The molecule has 1 aliphatic carbocycles. The second-order valence-electron chi connectivity index (χ2n) is 6.61. The van der Waals surface area contributed by atoms with Crippen LogP contribution in [0.15, 0.2) is 22.8 Å². The number of rotatable bonds is 2. The summed E-state index contributed by atoms with van der Waals surface area (Å²) < 4.78 is 11.8. The fourth-order valence-electron chi connectivity index (χ4n) is 3.08. The molecule has 0 unspecified atom stereocenters. The summed E-state index contributed by atoms with van der Waals surface area (Å²) in [6.07, 6.45) is 1.35. The number of hydrogen-bond acceptors (Lipinski definition) is 4. The summed E-state index contributed by atoms with van der Waals surface area (Å²) in [5.74, 6) is 0.553. The van der Waals surface area contributed by atoms with Gasteiger partial charge in [-0.15, -0.1) is 0 Å². The van der Waals surface area contributed by atoms with E-state index in [0.717, 1.165) is 10.2 Å². The van der Waals surface area contributed by atoms with Crippen molar-refractivity contribution in [3.63, 3.8) is 0 Å². The topological polar surface area (TPSA) is 60.5 Å². The Morgan fingerprint density at radius 1 is 1.43 bits per heavy atom. The van der Waals surface area contributed by atoms with Gasteiger partial charge >= 0.3 is 6.09 Å². The molecule has 0 spiro atoms. The van der Waals surface area contributed by atoms with Crippen LogP contribution in [-0.4, -0.2) is 29.9 Å². The van der Waals surface area contributed by atoms with E-state index < -0.39 is 17.2 Å². The number of ether oxygens (including phenoxy) is 2. The number of fused-ring (bicyclic) bond motifs is 1. The fourth-order valence-corrected chi connectivity index (χ4v) is 3.31. The van der Waals surface area contributed by atoms with Gasteiger partial charge in [0.1, 0.15) is 5.60 Å². The molecule has 2 heterocycles. The molecule has 1 amide bonds. The van der Waals surface area contributed by atoms with E-state index >= 15 is 0 Å². The number of nitrogens with one attached hydrogen (secondary N) is 1. The first-order valence-electron chi connectivity index (χ1n) is 7.04. The second kappa shape index (κ2) is 4.95. The van der Waals surface area contributed by atoms with Gasteiger partial charge in [-0.25, -0.2) is 4.79 Å². The molecule has 1 aromatic rings. The van der Waals surface area contributed by atoms with Gasteiger partial charge in [0.15, 0.2) is 0 Å². The Balaban J connectivity index is 1.83. The molecular weight excluding hydrogens is 336 g/mol. The van der Waals surface area contributed by atoms with Crippen molar-refractivity contribution >= 4 is 22.0 Å². The zero-order chi connectivity index (χ0) is 15.3. The lowest BCUT2D eigenvalue weighted by Gasteiger charge is -2.26. The van der Waals surface area contributed by atoms with E-state index in [0.29, 0.717) is 13.2 Å². The molecule has 0 radical (unpaired) electrons. The summed E-state index contributed by atoms with van der Waals surface area (Å²) in [7, 11) is 0. The highest BCUT2D eigenvalue weighted by Crippen LogP contribution is 2.60. The third-order valence-electron chi connectivity index (χ3n) is 4.00. The van der Waals surface area contributed by atoms with Crippen LogP contribution in [0.4, 0.5) is 4.79 Å². The number of alkyl carbamates (subject to hydrolysis) is 1. The van der Waals surface area contributed by atoms with Gasteiger partial charge in [0.25, 0.3) is 0 Å². The minimum atomic E-state index is -0.515. The van der Waals surface area contributed by atoms with Gasteiger partial charge < -0.3 is 14.8 Å². The zero-order valence-corrected chi connectivity index (χ0v) is 13.9. The highest BCUT2D eigenvalue weighted by molar-refractivity contribution is 9.10. The molecule has 6 heteroatoms. The van der Waals surface area contributed by atoms with Gasteiger partial charge in [-0.2, -0.15) is 0 Å². The lowest BCUT2D eigenvalue weighted by molar-refractivity contribution is 0.0447. The minimum absolute atomic E-state index is 0.277. The summed E-state index contributed by atoms with van der Waals surface area (Å²) in [6, 6.07) is 3.88. The summed E-state index contributed by atoms with van der Waals surface area (Å²) in [5.41, 5.74) is -0.0879. The highest BCUT2D eigenvalue weighted by Gasteiger charge is 2.70. The van der Waals surface area contributed by atoms with Crippen molar-refractivity contribution < 1.29 is 14.3 Å². The van der Waals surface area contributed by atoms with E-state index in [4.69, 9.17) is 9.47 Å². The molecule has 1 aliphatic heterocycles. The number of aromatic nitrogens is 1. The van der Waals surface area contributed by atoms with Crippen molar-refractivity contribution in [1.29, 1.82) is 0 Å². The Morgan fingerprint density at radius 2 is 2.10 bits per heavy atom. The van der Waals surface area contributed by atoms with Crippen molar-refractivity contribution in [2.45, 2.75) is 31.9 Å². The first-order chi connectivity index (χ1) is 9.83. The summed E-state index contributed by atoms with van der Waals surface area (Å²) in [4.78, 5) is 16.6. The Kier molecular flexibility index (Phi) is 3.48. The normalized spacial score (nSPS) is 30.7. The predicted molar refractivity (Wildman–Crippen MR) is 80.8 cm³/mol. The largest absolute Gasteiger partial charge is 0.444 e. The van der Waals surface area contributed by atoms with Gasteiger partial charge in [-0.3, -0.25) is 4.98 Å². The van der Waals surface area contributed by atoms with Crippen molar-refractivity contribution in [1.82, 2.24) is 10.3 Å². The molecular formula is C15H19BrN2O3. The molecule has 3 rings (SSSR count). The Bertz CT molecular complexity index is 543. The Labute approximate surface area is 132 Å². The number of carbonyl (C=O) groups is 1. The molecule has 0 bridgehead atoms. The molecule has 1 saturated carbocycles. The first kappa shape index (κ1) is 14.8. The van der Waals surface area contributed by atoms with Crippen LogP contribution in [0.2, 0.25) is 0 Å². The van der Waals surface area contributed by atoms with Crippen LogP contribution in [-0.2, 0) is 15.0 Å². The molecule has 21 heavy (non-hydrogen) atoms. The molecule has 2 aliphatic rings. The van der Waals surface area contributed by atoms with Crippen LogP contribution in [0.25, 0.3) is 0 Å². The quantitative estimate of drug-likeness (QED) is 0.886. The molecule has 114 valence electrons. The molecule has 5 nitrogen and oxygen atoms in total. The number of halogens is 1. The van der Waals surface area contributed by atoms with E-state index in [1.54, 1.807) is 6.20 Å². The molecule has 0 aromatic carbocycles. The fraction of sp³-hybridized carbons (Fsp3) is 0.600. The van der Waals surface area contributed by atoms with Gasteiger partial charge in [-0.1, -0.05) is 0 Å². The smallest absolute Gasteiger partial charge is 0.408 e. The maximum atomic E-state index is 12.2. The monoisotopic (exact) mass is 354 g/mol. The minimum Gasteiger partial charge on any atom is -0.444 e. The second-order valence-corrected chi connectivity index (χ2v) is 7.52. The lowest BCUT2D eigenvalue weighted by atomic mass is 10.1. The molecule has 1 saturated heterocycles. The summed E-state index contributed by atoms with van der Waals surface area (Å²) >= 11 is 3.39. The third-order valence-corrected chi connectivity index (χ3v) is 4.47. The molecule has 2 fully saturated rings. The molecule has 2 atom stereocenters. The first-order valence-corrected chi connectivity index (χ1v) is 7.83. The van der Waals surface area contributed by atoms with Crippen molar-refractivity contribution in [3.05, 3.63) is 28.5 Å². The van der Waals surface area contributed by atoms with Crippen molar-refractivity contribution in [2.75, 3.05) is 13.2 Å². The summed E-state index contributed by atoms with van der Waals surface area (Å²) in [6.45, 7) is 6.87. The molecule has 1 N–H and O–H groups in total. The van der Waals surface area contributed by atoms with Crippen LogP contribution in [0.1, 0.15) is 26.5 Å². The van der Waals surface area contributed by atoms with Crippen LogP contribution in [0, 0.1) is 11.8 Å². The zero-order valence-electron chi connectivity index (χ0n) is 12.4. The average molecular weight is 355 g/mol. The van der Waals surface area contributed by atoms with Crippen LogP contribution in [0.3, 0.4) is 0 Å². The van der Waals surface area contributed by atoms with Gasteiger partial charge in [0.05, 0.1) is 24.4 Å². The Hall–Kier alpha value is -1.14. The predicted octanol–water partition coefficient (Wildman–Crippen LogP) is 2.84. The maximum Gasteiger partial charge on any atom is 0.408 e. The van der Waals surface area contributed by atoms with Gasteiger partial charge in [0.2, 0.25) is 0 Å². The highest BCUT2D eigenvalue weighted by atomic mass is 79.9. The van der Waals surface area contributed by atoms with Gasteiger partial charge in [0, 0.05) is 22.5 Å². The lowest BCUT2D eigenvalue weighted by Crippen LogP contribution is -2.43. The van der Waals surface area contributed by atoms with E-state index in [1.165, 1.54) is 0 Å².